The van der Waals surface area contributed by atoms with Crippen LogP contribution in [0.15, 0.2) is 42.5 Å². The zero-order chi connectivity index (χ0) is 15.4. The summed E-state index contributed by atoms with van der Waals surface area (Å²) in [6, 6.07) is 11.8. The van der Waals surface area contributed by atoms with E-state index in [1.807, 2.05) is 26.0 Å². The Kier molecular flexibility index (Phi) is 5.21. The van der Waals surface area contributed by atoms with E-state index in [1.54, 1.807) is 24.3 Å². The van der Waals surface area contributed by atoms with E-state index in [0.29, 0.717) is 11.4 Å². The predicted molar refractivity (Wildman–Crippen MR) is 84.2 cm³/mol. The lowest BCUT2D eigenvalue weighted by Gasteiger charge is -2.25. The van der Waals surface area contributed by atoms with E-state index >= 15 is 0 Å². The number of aryl methyl sites for hydroxylation is 1. The van der Waals surface area contributed by atoms with Gasteiger partial charge in [-0.2, -0.15) is 0 Å². The summed E-state index contributed by atoms with van der Waals surface area (Å²) in [6.45, 7) is 3.86. The fourth-order valence-electron chi connectivity index (χ4n) is 2.14. The van der Waals surface area contributed by atoms with Crippen molar-refractivity contribution in [3.05, 3.63) is 64.4 Å². The Hall–Kier alpha value is -1.58. The molecule has 0 spiro atoms. The minimum atomic E-state index is -0.440. The highest BCUT2D eigenvalue weighted by molar-refractivity contribution is 6.30. The Balaban J connectivity index is 2.35. The molecule has 2 rings (SSSR count). The highest BCUT2D eigenvalue weighted by atomic mass is 35.5. The standard InChI is InChI=1S/C17H19ClFNO/c1-3-15(20)17(12-5-4-6-13(18)10-12)21-16-9-11(2)7-8-14(16)19/h4-10,15,17H,3,20H2,1-2H3. The number of nitrogens with two attached hydrogens (primary N) is 1. The van der Waals surface area contributed by atoms with Crippen LogP contribution < -0.4 is 10.5 Å². The summed E-state index contributed by atoms with van der Waals surface area (Å²) in [5.74, 6) is -0.181. The van der Waals surface area contributed by atoms with Crippen LogP contribution in [0.1, 0.15) is 30.6 Å². The molecule has 0 amide bonds. The van der Waals surface area contributed by atoms with Gasteiger partial charge < -0.3 is 10.5 Å². The lowest BCUT2D eigenvalue weighted by Crippen LogP contribution is -2.31. The summed E-state index contributed by atoms with van der Waals surface area (Å²) in [7, 11) is 0. The van der Waals surface area contributed by atoms with Crippen LogP contribution in [0, 0.1) is 12.7 Å². The van der Waals surface area contributed by atoms with Gasteiger partial charge in [0.1, 0.15) is 6.10 Å². The van der Waals surface area contributed by atoms with Crippen LogP contribution in [0.5, 0.6) is 5.75 Å². The Bertz CT molecular complexity index is 617. The van der Waals surface area contributed by atoms with E-state index in [-0.39, 0.29) is 11.8 Å². The first-order valence-electron chi connectivity index (χ1n) is 6.95. The van der Waals surface area contributed by atoms with Crippen LogP contribution in [0.25, 0.3) is 0 Å². The second-order valence-corrected chi connectivity index (χ2v) is 5.54. The molecule has 0 aliphatic carbocycles. The van der Waals surface area contributed by atoms with Crippen molar-refractivity contribution in [3.8, 4) is 5.75 Å². The molecule has 0 saturated heterocycles. The molecule has 2 aromatic rings. The van der Waals surface area contributed by atoms with Crippen LogP contribution in [0.2, 0.25) is 5.02 Å². The third kappa shape index (κ3) is 3.96. The molecule has 0 aliphatic rings. The summed E-state index contributed by atoms with van der Waals surface area (Å²) >= 11 is 6.03. The molecule has 0 aromatic heterocycles. The number of halogens is 2. The highest BCUT2D eigenvalue weighted by Crippen LogP contribution is 2.29. The average Bonchev–Trinajstić information content (AvgIpc) is 2.47. The zero-order valence-electron chi connectivity index (χ0n) is 12.1. The number of benzene rings is 2. The quantitative estimate of drug-likeness (QED) is 0.873. The second-order valence-electron chi connectivity index (χ2n) is 5.10. The van der Waals surface area contributed by atoms with Gasteiger partial charge in [0.15, 0.2) is 11.6 Å². The van der Waals surface area contributed by atoms with Gasteiger partial charge in [-0.3, -0.25) is 0 Å². The fraction of sp³-hybridized carbons (Fsp3) is 0.294. The first-order valence-corrected chi connectivity index (χ1v) is 7.33. The largest absolute Gasteiger partial charge is 0.481 e. The van der Waals surface area contributed by atoms with Gasteiger partial charge in [0, 0.05) is 11.1 Å². The minimum Gasteiger partial charge on any atom is -0.481 e. The van der Waals surface area contributed by atoms with Gasteiger partial charge in [0.2, 0.25) is 0 Å². The Labute approximate surface area is 129 Å². The summed E-state index contributed by atoms with van der Waals surface area (Å²) in [5.41, 5.74) is 7.92. The van der Waals surface area contributed by atoms with Crippen molar-refractivity contribution < 1.29 is 9.13 Å². The van der Waals surface area contributed by atoms with Gasteiger partial charge in [-0.1, -0.05) is 36.7 Å². The predicted octanol–water partition coefficient (Wildman–Crippen LogP) is 4.64. The molecule has 2 unspecified atom stereocenters. The van der Waals surface area contributed by atoms with Crippen molar-refractivity contribution in [2.75, 3.05) is 0 Å². The van der Waals surface area contributed by atoms with Crippen molar-refractivity contribution in [1.82, 2.24) is 0 Å². The maximum atomic E-state index is 13.9. The smallest absolute Gasteiger partial charge is 0.165 e. The van der Waals surface area contributed by atoms with Crippen LogP contribution in [0.4, 0.5) is 4.39 Å². The zero-order valence-corrected chi connectivity index (χ0v) is 12.9. The molecule has 4 heteroatoms. The number of hydrogen-bond donors (Lipinski definition) is 1. The maximum absolute atomic E-state index is 13.9. The van der Waals surface area contributed by atoms with E-state index in [4.69, 9.17) is 22.1 Å². The monoisotopic (exact) mass is 307 g/mol. The van der Waals surface area contributed by atoms with Crippen LogP contribution in [-0.4, -0.2) is 6.04 Å². The molecular weight excluding hydrogens is 289 g/mol. The molecule has 0 fully saturated rings. The molecule has 0 aliphatic heterocycles. The summed E-state index contributed by atoms with van der Waals surface area (Å²) in [4.78, 5) is 0. The van der Waals surface area contributed by atoms with E-state index in [0.717, 1.165) is 11.1 Å². The molecule has 2 aromatic carbocycles. The Morgan fingerprint density at radius 2 is 2.00 bits per heavy atom. The minimum absolute atomic E-state index is 0.212. The van der Waals surface area contributed by atoms with E-state index < -0.39 is 11.9 Å². The Morgan fingerprint density at radius 3 is 2.67 bits per heavy atom. The molecule has 0 bridgehead atoms. The maximum Gasteiger partial charge on any atom is 0.165 e. The van der Waals surface area contributed by atoms with Gasteiger partial charge in [0.25, 0.3) is 0 Å². The molecule has 112 valence electrons. The second kappa shape index (κ2) is 6.92. The first-order chi connectivity index (χ1) is 10.0. The average molecular weight is 308 g/mol. The molecule has 0 radical (unpaired) electrons. The third-order valence-electron chi connectivity index (χ3n) is 3.38. The lowest BCUT2D eigenvalue weighted by atomic mass is 10.0. The number of rotatable bonds is 5. The first kappa shape index (κ1) is 15.8. The topological polar surface area (TPSA) is 35.2 Å². The number of ether oxygens (including phenoxy) is 1. The van der Waals surface area contributed by atoms with Gasteiger partial charge in [0.05, 0.1) is 0 Å². The normalized spacial score (nSPS) is 13.8. The summed E-state index contributed by atoms with van der Waals surface area (Å²) in [6.07, 6.45) is 0.273. The van der Waals surface area contributed by atoms with Crippen molar-refractivity contribution >= 4 is 11.6 Å². The summed E-state index contributed by atoms with van der Waals surface area (Å²) in [5, 5.41) is 0.606. The van der Waals surface area contributed by atoms with Crippen molar-refractivity contribution in [1.29, 1.82) is 0 Å². The molecule has 0 saturated carbocycles. The SMILES string of the molecule is CCC(N)C(Oc1cc(C)ccc1F)c1cccc(Cl)c1. The van der Waals surface area contributed by atoms with E-state index in [9.17, 15) is 4.39 Å². The molecule has 2 atom stereocenters. The van der Waals surface area contributed by atoms with Crippen LogP contribution in [-0.2, 0) is 0 Å². The third-order valence-corrected chi connectivity index (χ3v) is 3.61. The van der Waals surface area contributed by atoms with E-state index in [2.05, 4.69) is 0 Å². The van der Waals surface area contributed by atoms with Crippen molar-refractivity contribution in [2.24, 2.45) is 5.73 Å². The van der Waals surface area contributed by atoms with E-state index in [1.165, 1.54) is 6.07 Å². The van der Waals surface area contributed by atoms with Gasteiger partial charge >= 0.3 is 0 Å². The lowest BCUT2D eigenvalue weighted by molar-refractivity contribution is 0.163. The highest BCUT2D eigenvalue weighted by Gasteiger charge is 2.22. The van der Waals surface area contributed by atoms with Gasteiger partial charge in [-0.15, -0.1) is 0 Å². The Morgan fingerprint density at radius 1 is 1.24 bits per heavy atom. The van der Waals surface area contributed by atoms with Crippen molar-refractivity contribution in [3.63, 3.8) is 0 Å². The fourth-order valence-corrected chi connectivity index (χ4v) is 2.34. The molecular formula is C17H19ClFNO. The molecule has 0 heterocycles. The van der Waals surface area contributed by atoms with Gasteiger partial charge in [-0.25, -0.2) is 4.39 Å². The molecule has 21 heavy (non-hydrogen) atoms. The molecule has 2 nitrogen and oxygen atoms in total. The van der Waals surface area contributed by atoms with Crippen LogP contribution >= 0.6 is 11.6 Å². The number of hydrogen-bond acceptors (Lipinski definition) is 2. The van der Waals surface area contributed by atoms with Gasteiger partial charge in [-0.05, 0) is 48.7 Å². The molecule has 2 N–H and O–H groups in total. The van der Waals surface area contributed by atoms with Crippen molar-refractivity contribution in [2.45, 2.75) is 32.4 Å². The van der Waals surface area contributed by atoms with Crippen LogP contribution in [0.3, 0.4) is 0 Å². The summed E-state index contributed by atoms with van der Waals surface area (Å²) < 4.78 is 19.8.